The second-order valence-electron chi connectivity index (χ2n) is 7.66. The summed E-state index contributed by atoms with van der Waals surface area (Å²) in [6.07, 6.45) is 3.52. The first kappa shape index (κ1) is 19.9. The van der Waals surface area contributed by atoms with E-state index in [1.54, 1.807) is 11.0 Å². The summed E-state index contributed by atoms with van der Waals surface area (Å²) >= 11 is 0. The van der Waals surface area contributed by atoms with Crippen molar-refractivity contribution >= 4 is 29.5 Å². The SMILES string of the molecule is CC(=O)NC[C@H]1CN(c2ccc3c(c2)CCC/C(=C/c2ccccc2)C3=O)C(=O)O1. The van der Waals surface area contributed by atoms with Gasteiger partial charge < -0.3 is 10.1 Å². The van der Waals surface area contributed by atoms with Crippen molar-refractivity contribution < 1.29 is 19.1 Å². The first-order valence-electron chi connectivity index (χ1n) is 10.2. The molecule has 6 nitrogen and oxygen atoms in total. The molecule has 1 saturated heterocycles. The van der Waals surface area contributed by atoms with Crippen molar-refractivity contribution in [3.05, 3.63) is 70.8 Å². The maximum atomic E-state index is 13.1. The summed E-state index contributed by atoms with van der Waals surface area (Å²) in [5, 5.41) is 2.68. The topological polar surface area (TPSA) is 75.7 Å². The summed E-state index contributed by atoms with van der Waals surface area (Å²) in [4.78, 5) is 38.1. The van der Waals surface area contributed by atoms with Crippen LogP contribution < -0.4 is 10.2 Å². The molecule has 30 heavy (non-hydrogen) atoms. The highest BCUT2D eigenvalue weighted by Gasteiger charge is 2.33. The highest BCUT2D eigenvalue weighted by molar-refractivity contribution is 6.12. The third kappa shape index (κ3) is 4.27. The lowest BCUT2D eigenvalue weighted by Gasteiger charge is -2.15. The monoisotopic (exact) mass is 404 g/mol. The Hall–Kier alpha value is -3.41. The van der Waals surface area contributed by atoms with Crippen molar-refractivity contribution in [3.63, 3.8) is 0 Å². The third-order valence-electron chi connectivity index (χ3n) is 5.42. The number of amides is 2. The van der Waals surface area contributed by atoms with Crippen LogP contribution in [0.25, 0.3) is 6.08 Å². The Labute approximate surface area is 175 Å². The summed E-state index contributed by atoms with van der Waals surface area (Å²) in [7, 11) is 0. The van der Waals surface area contributed by atoms with E-state index >= 15 is 0 Å². The summed E-state index contributed by atoms with van der Waals surface area (Å²) in [5.74, 6) is -0.113. The largest absolute Gasteiger partial charge is 0.442 e. The molecule has 0 unspecified atom stereocenters. The normalized spacial score (nSPS) is 20.0. The van der Waals surface area contributed by atoms with E-state index in [0.717, 1.165) is 36.0 Å². The number of nitrogens with zero attached hydrogens (tertiary/aromatic N) is 1. The number of benzene rings is 2. The minimum Gasteiger partial charge on any atom is -0.442 e. The number of cyclic esters (lactones) is 1. The van der Waals surface area contributed by atoms with Crippen molar-refractivity contribution in [1.29, 1.82) is 0 Å². The van der Waals surface area contributed by atoms with Gasteiger partial charge in [-0.3, -0.25) is 14.5 Å². The predicted octanol–water partition coefficient (Wildman–Crippen LogP) is 3.75. The van der Waals surface area contributed by atoms with E-state index in [9.17, 15) is 14.4 Å². The minimum absolute atomic E-state index is 0.0467. The van der Waals surface area contributed by atoms with Gasteiger partial charge in [-0.25, -0.2) is 4.79 Å². The molecule has 2 aromatic carbocycles. The third-order valence-corrected chi connectivity index (χ3v) is 5.42. The van der Waals surface area contributed by atoms with Crippen molar-refractivity contribution in [3.8, 4) is 0 Å². The summed E-state index contributed by atoms with van der Waals surface area (Å²) in [5.41, 5.74) is 4.19. The molecule has 2 aromatic rings. The number of nitrogens with one attached hydrogen (secondary N) is 1. The highest BCUT2D eigenvalue weighted by atomic mass is 16.6. The number of rotatable bonds is 4. The molecule has 2 amide bonds. The summed E-state index contributed by atoms with van der Waals surface area (Å²) in [6.45, 7) is 2.08. The summed E-state index contributed by atoms with van der Waals surface area (Å²) < 4.78 is 5.35. The quantitative estimate of drug-likeness (QED) is 0.622. The van der Waals surface area contributed by atoms with Crippen LogP contribution in [0.4, 0.5) is 10.5 Å². The Morgan fingerprint density at radius 2 is 1.97 bits per heavy atom. The Morgan fingerprint density at radius 3 is 2.73 bits per heavy atom. The molecular formula is C24H24N2O4. The van der Waals surface area contributed by atoms with Crippen LogP contribution >= 0.6 is 0 Å². The van der Waals surface area contributed by atoms with E-state index in [4.69, 9.17) is 4.74 Å². The first-order chi connectivity index (χ1) is 14.5. The van der Waals surface area contributed by atoms with Crippen molar-refractivity contribution in [2.24, 2.45) is 0 Å². The predicted molar refractivity (Wildman–Crippen MR) is 114 cm³/mol. The van der Waals surface area contributed by atoms with Gasteiger partial charge in [0.1, 0.15) is 6.10 Å². The molecule has 0 bridgehead atoms. The van der Waals surface area contributed by atoms with Gasteiger partial charge in [0.05, 0.1) is 13.1 Å². The Morgan fingerprint density at radius 1 is 1.17 bits per heavy atom. The van der Waals surface area contributed by atoms with Gasteiger partial charge in [-0.1, -0.05) is 30.3 Å². The average molecular weight is 404 g/mol. The van der Waals surface area contributed by atoms with Gasteiger partial charge in [-0.2, -0.15) is 0 Å². The molecule has 1 atom stereocenters. The molecule has 0 spiro atoms. The van der Waals surface area contributed by atoms with Gasteiger partial charge in [0.25, 0.3) is 0 Å². The molecule has 0 saturated carbocycles. The number of hydrogen-bond donors (Lipinski definition) is 1. The zero-order chi connectivity index (χ0) is 21.1. The van der Waals surface area contributed by atoms with Crippen molar-refractivity contribution in [1.82, 2.24) is 5.32 Å². The van der Waals surface area contributed by atoms with Crippen LogP contribution in [-0.4, -0.2) is 37.0 Å². The Balaban J connectivity index is 1.55. The second kappa shape index (κ2) is 8.53. The lowest BCUT2D eigenvalue weighted by atomic mass is 9.98. The zero-order valence-corrected chi connectivity index (χ0v) is 16.9. The molecule has 154 valence electrons. The van der Waals surface area contributed by atoms with E-state index in [1.165, 1.54) is 6.92 Å². The molecule has 1 fully saturated rings. The number of aryl methyl sites for hydroxylation is 1. The van der Waals surface area contributed by atoms with Gasteiger partial charge in [0, 0.05) is 23.7 Å². The Kier molecular flexibility index (Phi) is 5.65. The molecule has 1 aliphatic heterocycles. The number of ketones is 1. The number of carbonyl (C=O) groups excluding carboxylic acids is 3. The number of hydrogen-bond acceptors (Lipinski definition) is 4. The number of carbonyl (C=O) groups is 3. The lowest BCUT2D eigenvalue weighted by Crippen LogP contribution is -2.33. The Bertz CT molecular complexity index is 1010. The van der Waals surface area contributed by atoms with Crippen molar-refractivity contribution in [2.45, 2.75) is 32.3 Å². The van der Waals surface area contributed by atoms with Crippen LogP contribution in [0.2, 0.25) is 0 Å². The molecule has 2 aliphatic rings. The molecule has 0 aromatic heterocycles. The maximum absolute atomic E-state index is 13.1. The van der Waals surface area contributed by atoms with Gasteiger partial charge >= 0.3 is 6.09 Å². The fraction of sp³-hybridized carbons (Fsp3) is 0.292. The average Bonchev–Trinajstić information content (AvgIpc) is 3.04. The van der Waals surface area contributed by atoms with Crippen molar-refractivity contribution in [2.75, 3.05) is 18.0 Å². The standard InChI is InChI=1S/C24H24N2O4/c1-16(27)25-14-21-15-26(24(29)30-21)20-10-11-22-18(13-20)8-5-9-19(23(22)28)12-17-6-3-2-4-7-17/h2-4,6-7,10-13,21H,5,8-9,14-15H2,1H3,(H,25,27)/b19-12-/t21-/m0/s1. The van der Waals surface area contributed by atoms with Crippen LogP contribution in [0, 0.1) is 0 Å². The number of ether oxygens (including phenoxy) is 1. The highest BCUT2D eigenvalue weighted by Crippen LogP contribution is 2.30. The fourth-order valence-electron chi connectivity index (χ4n) is 3.92. The molecule has 1 aliphatic carbocycles. The van der Waals surface area contributed by atoms with E-state index in [2.05, 4.69) is 5.32 Å². The number of Topliss-reactive ketones (excluding diaryl/α,β-unsaturated/α-hetero) is 1. The van der Waals surface area contributed by atoms with E-state index in [0.29, 0.717) is 17.8 Å². The molecular weight excluding hydrogens is 380 g/mol. The van der Waals surface area contributed by atoms with Crippen LogP contribution in [0.5, 0.6) is 0 Å². The van der Waals surface area contributed by atoms with Gasteiger partial charge in [0.2, 0.25) is 5.91 Å². The number of anilines is 1. The van der Waals surface area contributed by atoms with Crippen LogP contribution in [-0.2, 0) is 16.0 Å². The van der Waals surface area contributed by atoms with Crippen LogP contribution in [0.1, 0.15) is 41.3 Å². The maximum Gasteiger partial charge on any atom is 0.414 e. The van der Waals surface area contributed by atoms with E-state index in [-0.39, 0.29) is 24.3 Å². The molecule has 6 heteroatoms. The fourth-order valence-corrected chi connectivity index (χ4v) is 3.92. The number of allylic oxidation sites excluding steroid dienone is 1. The minimum atomic E-state index is -0.435. The zero-order valence-electron chi connectivity index (χ0n) is 16.9. The molecule has 1 N–H and O–H groups in total. The molecule has 1 heterocycles. The van der Waals surface area contributed by atoms with Crippen LogP contribution in [0.15, 0.2) is 54.1 Å². The lowest BCUT2D eigenvalue weighted by molar-refractivity contribution is -0.119. The summed E-state index contributed by atoms with van der Waals surface area (Å²) in [6, 6.07) is 15.4. The van der Waals surface area contributed by atoms with Gasteiger partial charge in [0.15, 0.2) is 5.78 Å². The van der Waals surface area contributed by atoms with E-state index in [1.807, 2.05) is 48.5 Å². The number of fused-ring (bicyclic) bond motifs is 1. The van der Waals surface area contributed by atoms with Crippen LogP contribution in [0.3, 0.4) is 0 Å². The van der Waals surface area contributed by atoms with Gasteiger partial charge in [-0.15, -0.1) is 0 Å². The first-order valence-corrected chi connectivity index (χ1v) is 10.2. The van der Waals surface area contributed by atoms with Gasteiger partial charge in [-0.05, 0) is 54.7 Å². The van der Waals surface area contributed by atoms with E-state index < -0.39 is 6.09 Å². The second-order valence-corrected chi connectivity index (χ2v) is 7.66. The smallest absolute Gasteiger partial charge is 0.414 e. The molecule has 0 radical (unpaired) electrons. The molecule has 4 rings (SSSR count).